The van der Waals surface area contributed by atoms with Gasteiger partial charge in [-0.15, -0.1) is 11.8 Å². The number of thioether (sulfide) groups is 1. The van der Waals surface area contributed by atoms with E-state index < -0.39 is 0 Å². The van der Waals surface area contributed by atoms with Gasteiger partial charge in [-0.05, 0) is 42.2 Å². The first-order valence-electron chi connectivity index (χ1n) is 6.83. The van der Waals surface area contributed by atoms with E-state index in [1.54, 1.807) is 11.8 Å². The van der Waals surface area contributed by atoms with Gasteiger partial charge in [0.15, 0.2) is 0 Å². The molecular weight excluding hydrogens is 276 g/mol. The van der Waals surface area contributed by atoms with Gasteiger partial charge in [0.05, 0.1) is 0 Å². The van der Waals surface area contributed by atoms with Gasteiger partial charge in [0.25, 0.3) is 0 Å². The van der Waals surface area contributed by atoms with Crippen molar-refractivity contribution in [3.8, 4) is 22.6 Å². The Morgan fingerprint density at radius 2 is 1.38 bits per heavy atom. The molecule has 104 valence electrons. The van der Waals surface area contributed by atoms with E-state index in [1.165, 1.54) is 10.5 Å². The maximum Gasteiger partial charge on any atom is 0.135 e. The minimum absolute atomic E-state index is 0.852. The smallest absolute Gasteiger partial charge is 0.135 e. The number of ether oxygens (including phenoxy) is 1. The number of para-hydroxylation sites is 2. The molecule has 0 bridgehead atoms. The molecule has 3 aromatic carbocycles. The zero-order chi connectivity index (χ0) is 14.5. The van der Waals surface area contributed by atoms with Gasteiger partial charge in [-0.1, -0.05) is 48.5 Å². The van der Waals surface area contributed by atoms with Gasteiger partial charge in [-0.3, -0.25) is 0 Å². The second-order valence-corrected chi connectivity index (χ2v) is 5.52. The summed E-state index contributed by atoms with van der Waals surface area (Å²) < 4.78 is 6.02. The molecule has 2 heteroatoms. The Balaban J connectivity index is 1.95. The van der Waals surface area contributed by atoms with E-state index in [9.17, 15) is 0 Å². The molecule has 0 aliphatic rings. The number of rotatable bonds is 4. The predicted octanol–water partition coefficient (Wildman–Crippen LogP) is 5.87. The molecule has 0 saturated carbocycles. The van der Waals surface area contributed by atoms with Gasteiger partial charge in [0.1, 0.15) is 11.5 Å². The Morgan fingerprint density at radius 1 is 0.714 bits per heavy atom. The van der Waals surface area contributed by atoms with Crippen LogP contribution in [0.25, 0.3) is 11.1 Å². The van der Waals surface area contributed by atoms with E-state index >= 15 is 0 Å². The van der Waals surface area contributed by atoms with Crippen molar-refractivity contribution in [2.24, 2.45) is 0 Å². The normalized spacial score (nSPS) is 10.3. The number of hydrogen-bond donors (Lipinski definition) is 0. The van der Waals surface area contributed by atoms with Gasteiger partial charge in [-0.25, -0.2) is 0 Å². The molecule has 3 rings (SSSR count). The highest BCUT2D eigenvalue weighted by atomic mass is 32.2. The van der Waals surface area contributed by atoms with Crippen molar-refractivity contribution >= 4 is 11.8 Å². The Labute approximate surface area is 129 Å². The summed E-state index contributed by atoms with van der Waals surface area (Å²) in [5.41, 5.74) is 2.27. The highest BCUT2D eigenvalue weighted by Crippen LogP contribution is 2.33. The van der Waals surface area contributed by atoms with Crippen LogP contribution >= 0.6 is 11.8 Å². The zero-order valence-electron chi connectivity index (χ0n) is 11.8. The average Bonchev–Trinajstić information content (AvgIpc) is 2.56. The van der Waals surface area contributed by atoms with Crippen LogP contribution < -0.4 is 4.74 Å². The molecule has 0 unspecified atom stereocenters. The first-order valence-corrected chi connectivity index (χ1v) is 8.05. The van der Waals surface area contributed by atoms with Gasteiger partial charge < -0.3 is 4.74 Å². The van der Waals surface area contributed by atoms with Gasteiger partial charge in [0, 0.05) is 10.5 Å². The maximum absolute atomic E-state index is 6.02. The van der Waals surface area contributed by atoms with Crippen molar-refractivity contribution in [3.05, 3.63) is 78.9 Å². The third-order valence-electron chi connectivity index (χ3n) is 3.26. The molecule has 0 fully saturated rings. The Morgan fingerprint density at radius 3 is 2.10 bits per heavy atom. The third kappa shape index (κ3) is 3.29. The Hall–Kier alpha value is -2.19. The van der Waals surface area contributed by atoms with E-state index in [0.717, 1.165) is 17.1 Å². The van der Waals surface area contributed by atoms with E-state index in [0.29, 0.717) is 0 Å². The summed E-state index contributed by atoms with van der Waals surface area (Å²) in [7, 11) is 0. The van der Waals surface area contributed by atoms with Crippen molar-refractivity contribution < 1.29 is 4.74 Å². The van der Waals surface area contributed by atoms with Crippen LogP contribution in [-0.2, 0) is 0 Å². The highest BCUT2D eigenvalue weighted by Gasteiger charge is 2.06. The molecule has 0 aromatic heterocycles. The van der Waals surface area contributed by atoms with Crippen molar-refractivity contribution in [1.29, 1.82) is 0 Å². The molecule has 0 radical (unpaired) electrons. The topological polar surface area (TPSA) is 9.23 Å². The predicted molar refractivity (Wildman–Crippen MR) is 90.2 cm³/mol. The van der Waals surface area contributed by atoms with Crippen LogP contribution in [0.5, 0.6) is 11.5 Å². The van der Waals surface area contributed by atoms with Crippen molar-refractivity contribution in [1.82, 2.24) is 0 Å². The third-order valence-corrected chi connectivity index (χ3v) is 4.00. The summed E-state index contributed by atoms with van der Waals surface area (Å²) in [4.78, 5) is 1.26. The lowest BCUT2D eigenvalue weighted by molar-refractivity contribution is 0.484. The van der Waals surface area contributed by atoms with Gasteiger partial charge >= 0.3 is 0 Å². The van der Waals surface area contributed by atoms with Crippen LogP contribution in [0.1, 0.15) is 0 Å². The SMILES string of the molecule is CSc1ccc(-c2ccccc2Oc2ccccc2)cc1. The van der Waals surface area contributed by atoms with Crippen LogP contribution in [0.15, 0.2) is 83.8 Å². The molecule has 0 amide bonds. The second-order valence-electron chi connectivity index (χ2n) is 4.64. The van der Waals surface area contributed by atoms with E-state index in [-0.39, 0.29) is 0 Å². The maximum atomic E-state index is 6.02. The van der Waals surface area contributed by atoms with Crippen molar-refractivity contribution in [2.75, 3.05) is 6.26 Å². The standard InChI is InChI=1S/C19H16OS/c1-21-17-13-11-15(12-14-17)18-9-5-6-10-19(18)20-16-7-3-2-4-8-16/h2-14H,1H3. The van der Waals surface area contributed by atoms with Crippen LogP contribution in [0.2, 0.25) is 0 Å². The highest BCUT2D eigenvalue weighted by molar-refractivity contribution is 7.98. The molecule has 0 heterocycles. The van der Waals surface area contributed by atoms with E-state index in [2.05, 4.69) is 36.6 Å². The largest absolute Gasteiger partial charge is 0.457 e. The summed E-state index contributed by atoms with van der Waals surface area (Å²) in [5.74, 6) is 1.73. The summed E-state index contributed by atoms with van der Waals surface area (Å²) in [6.45, 7) is 0. The molecule has 0 aliphatic carbocycles. The molecule has 0 spiro atoms. The summed E-state index contributed by atoms with van der Waals surface area (Å²) in [5, 5.41) is 0. The molecule has 0 aliphatic heterocycles. The lowest BCUT2D eigenvalue weighted by atomic mass is 10.0. The first kappa shape index (κ1) is 13.8. The number of hydrogen-bond acceptors (Lipinski definition) is 2. The van der Waals surface area contributed by atoms with E-state index in [1.807, 2.05) is 48.5 Å². The zero-order valence-corrected chi connectivity index (χ0v) is 12.6. The molecule has 21 heavy (non-hydrogen) atoms. The van der Waals surface area contributed by atoms with E-state index in [4.69, 9.17) is 4.74 Å². The fourth-order valence-corrected chi connectivity index (χ4v) is 2.59. The van der Waals surface area contributed by atoms with Crippen LogP contribution in [0.3, 0.4) is 0 Å². The Kier molecular flexibility index (Phi) is 4.27. The van der Waals surface area contributed by atoms with Crippen LogP contribution in [0.4, 0.5) is 0 Å². The monoisotopic (exact) mass is 292 g/mol. The Bertz CT molecular complexity index is 705. The molecular formula is C19H16OS. The first-order chi connectivity index (χ1) is 10.4. The average molecular weight is 292 g/mol. The quantitative estimate of drug-likeness (QED) is 0.556. The summed E-state index contributed by atoms with van der Waals surface area (Å²) in [6, 6.07) is 26.6. The molecule has 0 saturated heterocycles. The molecule has 3 aromatic rings. The van der Waals surface area contributed by atoms with Crippen molar-refractivity contribution in [3.63, 3.8) is 0 Å². The molecule has 0 atom stereocenters. The fraction of sp³-hybridized carbons (Fsp3) is 0.0526. The lowest BCUT2D eigenvalue weighted by Gasteiger charge is -2.11. The molecule has 0 N–H and O–H groups in total. The number of benzene rings is 3. The van der Waals surface area contributed by atoms with Crippen LogP contribution in [-0.4, -0.2) is 6.26 Å². The van der Waals surface area contributed by atoms with Gasteiger partial charge in [0.2, 0.25) is 0 Å². The van der Waals surface area contributed by atoms with Gasteiger partial charge in [-0.2, -0.15) is 0 Å². The van der Waals surface area contributed by atoms with Crippen LogP contribution in [0, 0.1) is 0 Å². The fourth-order valence-electron chi connectivity index (χ4n) is 2.18. The van der Waals surface area contributed by atoms with Crippen molar-refractivity contribution in [2.45, 2.75) is 4.90 Å². The summed E-state index contributed by atoms with van der Waals surface area (Å²) in [6.07, 6.45) is 2.08. The lowest BCUT2D eigenvalue weighted by Crippen LogP contribution is -1.88. The minimum Gasteiger partial charge on any atom is -0.457 e. The molecule has 1 nitrogen and oxygen atoms in total. The minimum atomic E-state index is 0.852. The second kappa shape index (κ2) is 6.51. The summed E-state index contributed by atoms with van der Waals surface area (Å²) >= 11 is 1.75.